The van der Waals surface area contributed by atoms with Crippen LogP contribution in [0.1, 0.15) is 61.3 Å². The quantitative estimate of drug-likeness (QED) is 0.853. The molecule has 0 aromatic heterocycles. The Kier molecular flexibility index (Phi) is 7.08. The molecule has 2 atom stereocenters. The third-order valence-electron chi connectivity index (χ3n) is 4.27. The van der Waals surface area contributed by atoms with Crippen LogP contribution in [0.25, 0.3) is 0 Å². The maximum absolute atomic E-state index is 12.6. The summed E-state index contributed by atoms with van der Waals surface area (Å²) in [5.74, 6) is 0.0764. The molecule has 24 heavy (non-hydrogen) atoms. The van der Waals surface area contributed by atoms with E-state index >= 15 is 0 Å². The second-order valence-corrected chi connectivity index (χ2v) is 8.33. The van der Waals surface area contributed by atoms with Crippen molar-refractivity contribution in [2.45, 2.75) is 85.0 Å². The van der Waals surface area contributed by atoms with Crippen molar-refractivity contribution >= 4 is 12.0 Å². The van der Waals surface area contributed by atoms with E-state index in [2.05, 4.69) is 0 Å². The number of hydrogen-bond acceptors (Lipinski definition) is 4. The van der Waals surface area contributed by atoms with Gasteiger partial charge < -0.3 is 20.3 Å². The number of likely N-dealkylation sites (tertiary alicyclic amines) is 1. The second-order valence-electron chi connectivity index (χ2n) is 8.33. The summed E-state index contributed by atoms with van der Waals surface area (Å²) < 4.78 is 5.55. The Morgan fingerprint density at radius 3 is 2.25 bits per heavy atom. The Morgan fingerprint density at radius 2 is 1.79 bits per heavy atom. The molecule has 0 radical (unpaired) electrons. The molecule has 0 unspecified atom stereocenters. The highest BCUT2D eigenvalue weighted by Gasteiger charge is 2.35. The topological polar surface area (TPSA) is 75.9 Å². The van der Waals surface area contributed by atoms with Gasteiger partial charge in [0, 0.05) is 19.1 Å². The monoisotopic (exact) mass is 341 g/mol. The molecule has 1 saturated heterocycles. The number of amides is 2. The largest absolute Gasteiger partial charge is 0.444 e. The van der Waals surface area contributed by atoms with Crippen LogP contribution in [0.15, 0.2) is 0 Å². The van der Waals surface area contributed by atoms with Gasteiger partial charge in [-0.2, -0.15) is 0 Å². The van der Waals surface area contributed by atoms with Crippen LogP contribution in [-0.4, -0.2) is 58.6 Å². The smallest absolute Gasteiger partial charge is 0.410 e. The predicted molar refractivity (Wildman–Crippen MR) is 95.6 cm³/mol. The molecule has 0 aromatic carbocycles. The first-order valence-electron chi connectivity index (χ1n) is 8.99. The van der Waals surface area contributed by atoms with Crippen LogP contribution in [-0.2, 0) is 9.53 Å². The molecule has 0 bridgehead atoms. The molecule has 0 aliphatic carbocycles. The number of carbonyl (C=O) groups is 2. The Bertz CT molecular complexity index is 443. The molecule has 1 fully saturated rings. The molecular formula is C18H35N3O3. The van der Waals surface area contributed by atoms with Crippen molar-refractivity contribution in [3.63, 3.8) is 0 Å². The molecule has 1 aliphatic heterocycles. The third-order valence-corrected chi connectivity index (χ3v) is 4.27. The van der Waals surface area contributed by atoms with Gasteiger partial charge in [0.15, 0.2) is 0 Å². The summed E-state index contributed by atoms with van der Waals surface area (Å²) in [5, 5.41) is 0. The Labute approximate surface area is 146 Å². The molecule has 0 spiro atoms. The number of nitrogens with two attached hydrogens (primary N) is 1. The number of carbonyl (C=O) groups excluding carboxylic acids is 2. The SMILES string of the molecule is CC(C)[C@H](N)C(=O)N1CCC[C@H](N(C(=O)OC(C)(C)C)C(C)C)C1. The van der Waals surface area contributed by atoms with Gasteiger partial charge in [-0.1, -0.05) is 13.8 Å². The highest BCUT2D eigenvalue weighted by molar-refractivity contribution is 5.82. The van der Waals surface area contributed by atoms with Crippen molar-refractivity contribution in [3.05, 3.63) is 0 Å². The van der Waals surface area contributed by atoms with E-state index in [1.54, 1.807) is 9.80 Å². The first-order valence-corrected chi connectivity index (χ1v) is 8.99. The summed E-state index contributed by atoms with van der Waals surface area (Å²) >= 11 is 0. The van der Waals surface area contributed by atoms with Gasteiger partial charge in [-0.15, -0.1) is 0 Å². The zero-order valence-electron chi connectivity index (χ0n) is 16.3. The molecule has 2 amide bonds. The van der Waals surface area contributed by atoms with E-state index < -0.39 is 11.6 Å². The zero-order chi connectivity index (χ0) is 18.7. The Morgan fingerprint density at radius 1 is 1.21 bits per heavy atom. The minimum Gasteiger partial charge on any atom is -0.444 e. The summed E-state index contributed by atoms with van der Waals surface area (Å²) in [5.41, 5.74) is 5.49. The van der Waals surface area contributed by atoms with Crippen molar-refractivity contribution < 1.29 is 14.3 Å². The first-order chi connectivity index (χ1) is 10.9. The molecule has 0 saturated carbocycles. The summed E-state index contributed by atoms with van der Waals surface area (Å²) in [6.07, 6.45) is 1.43. The molecule has 140 valence electrons. The van der Waals surface area contributed by atoms with Crippen LogP contribution in [0, 0.1) is 5.92 Å². The van der Waals surface area contributed by atoms with E-state index in [0.29, 0.717) is 13.1 Å². The van der Waals surface area contributed by atoms with Crippen molar-refractivity contribution in [3.8, 4) is 0 Å². The van der Waals surface area contributed by atoms with Gasteiger partial charge in [-0.3, -0.25) is 4.79 Å². The number of piperidine rings is 1. The molecule has 1 rings (SSSR count). The summed E-state index contributed by atoms with van der Waals surface area (Å²) in [4.78, 5) is 28.7. The molecule has 6 nitrogen and oxygen atoms in total. The fourth-order valence-electron chi connectivity index (χ4n) is 2.97. The molecule has 6 heteroatoms. The fraction of sp³-hybridized carbons (Fsp3) is 0.889. The molecule has 2 N–H and O–H groups in total. The number of rotatable bonds is 4. The van der Waals surface area contributed by atoms with Crippen LogP contribution in [0.5, 0.6) is 0 Å². The number of hydrogen-bond donors (Lipinski definition) is 1. The van der Waals surface area contributed by atoms with Crippen molar-refractivity contribution in [1.29, 1.82) is 0 Å². The maximum Gasteiger partial charge on any atom is 0.410 e. The van der Waals surface area contributed by atoms with E-state index in [4.69, 9.17) is 10.5 Å². The van der Waals surface area contributed by atoms with Gasteiger partial charge in [-0.05, 0) is 53.4 Å². The van der Waals surface area contributed by atoms with Gasteiger partial charge in [0.05, 0.1) is 12.1 Å². The number of nitrogens with zero attached hydrogens (tertiary/aromatic N) is 2. The normalized spacial score (nSPS) is 20.2. The van der Waals surface area contributed by atoms with Gasteiger partial charge in [-0.25, -0.2) is 4.79 Å². The second kappa shape index (κ2) is 8.19. The summed E-state index contributed by atoms with van der Waals surface area (Å²) in [6.45, 7) is 14.7. The van der Waals surface area contributed by atoms with Crippen molar-refractivity contribution in [1.82, 2.24) is 9.80 Å². The van der Waals surface area contributed by atoms with Gasteiger partial charge in [0.2, 0.25) is 5.91 Å². The molecule has 1 aliphatic rings. The van der Waals surface area contributed by atoms with Crippen LogP contribution in [0.4, 0.5) is 4.79 Å². The lowest BCUT2D eigenvalue weighted by atomic mass is 9.99. The van der Waals surface area contributed by atoms with Gasteiger partial charge in [0.1, 0.15) is 5.60 Å². The van der Waals surface area contributed by atoms with Crippen LogP contribution in [0.3, 0.4) is 0 Å². The van der Waals surface area contributed by atoms with E-state index in [1.165, 1.54) is 0 Å². The predicted octanol–water partition coefficient (Wildman–Crippen LogP) is 2.61. The van der Waals surface area contributed by atoms with Gasteiger partial charge in [0.25, 0.3) is 0 Å². The highest BCUT2D eigenvalue weighted by atomic mass is 16.6. The zero-order valence-corrected chi connectivity index (χ0v) is 16.3. The van der Waals surface area contributed by atoms with E-state index in [0.717, 1.165) is 12.8 Å². The molecule has 0 aromatic rings. The van der Waals surface area contributed by atoms with Crippen LogP contribution in [0.2, 0.25) is 0 Å². The fourth-order valence-corrected chi connectivity index (χ4v) is 2.97. The standard InChI is InChI=1S/C18H35N3O3/c1-12(2)15(19)16(22)20-10-8-9-14(11-20)21(13(3)4)17(23)24-18(5,6)7/h12-15H,8-11,19H2,1-7H3/t14-,15-/m0/s1. The minimum atomic E-state index is -0.533. The average Bonchev–Trinajstić information content (AvgIpc) is 2.43. The highest BCUT2D eigenvalue weighted by Crippen LogP contribution is 2.22. The lowest BCUT2D eigenvalue weighted by Crippen LogP contribution is -2.57. The third kappa shape index (κ3) is 5.65. The van der Waals surface area contributed by atoms with E-state index in [9.17, 15) is 9.59 Å². The summed E-state index contributed by atoms with van der Waals surface area (Å²) in [7, 11) is 0. The molecule has 1 heterocycles. The lowest BCUT2D eigenvalue weighted by molar-refractivity contribution is -0.136. The van der Waals surface area contributed by atoms with E-state index in [-0.39, 0.29) is 30.0 Å². The number of ether oxygens (including phenoxy) is 1. The van der Waals surface area contributed by atoms with Crippen molar-refractivity contribution in [2.24, 2.45) is 11.7 Å². The van der Waals surface area contributed by atoms with Crippen molar-refractivity contribution in [2.75, 3.05) is 13.1 Å². The maximum atomic E-state index is 12.6. The first kappa shape index (κ1) is 20.7. The summed E-state index contributed by atoms with van der Waals surface area (Å²) in [6, 6.07) is -0.506. The minimum absolute atomic E-state index is 0.0127. The van der Waals surface area contributed by atoms with Gasteiger partial charge >= 0.3 is 6.09 Å². The Balaban J connectivity index is 2.85. The lowest BCUT2D eigenvalue weighted by Gasteiger charge is -2.42. The van der Waals surface area contributed by atoms with Crippen LogP contribution < -0.4 is 5.73 Å². The average molecular weight is 341 g/mol. The van der Waals surface area contributed by atoms with E-state index in [1.807, 2.05) is 48.5 Å². The molecular weight excluding hydrogens is 306 g/mol. The Hall–Kier alpha value is -1.30. The van der Waals surface area contributed by atoms with Crippen LogP contribution >= 0.6 is 0 Å².